The minimum atomic E-state index is -0.288. The van der Waals surface area contributed by atoms with Crippen molar-refractivity contribution in [3.8, 4) is 55.6 Å². The summed E-state index contributed by atoms with van der Waals surface area (Å²) in [6.07, 6.45) is 0. The Kier molecular flexibility index (Phi) is 9.02. The van der Waals surface area contributed by atoms with Crippen LogP contribution in [0.4, 0.5) is 17.1 Å². The molecule has 0 bridgehead atoms. The minimum absolute atomic E-state index is 0.288. The topological polar surface area (TPSA) is 3.24 Å². The van der Waals surface area contributed by atoms with Crippen molar-refractivity contribution >= 4 is 27.8 Å². The van der Waals surface area contributed by atoms with Gasteiger partial charge in [0.1, 0.15) is 0 Å². The quantitative estimate of drug-likeness (QED) is 0.149. The SMILES string of the molecule is CC1(c2ccccc2)c2ccccc2-c2c(-c3ccccc3N(c3ccc(-c4cccc(-c5ccccc5)c4)cc3)c3ccc(-c4ccc5ccccc5c4)cc3)cccc21. The van der Waals surface area contributed by atoms with Gasteiger partial charge in [0.2, 0.25) is 0 Å². The summed E-state index contributed by atoms with van der Waals surface area (Å²) in [4.78, 5) is 2.43. The molecule has 1 heteroatoms. The van der Waals surface area contributed by atoms with Gasteiger partial charge in [-0.05, 0) is 127 Å². The summed E-state index contributed by atoms with van der Waals surface area (Å²) in [6, 6.07) is 88.7. The van der Waals surface area contributed by atoms with Gasteiger partial charge < -0.3 is 4.90 Å². The van der Waals surface area contributed by atoms with Crippen molar-refractivity contribution < 1.29 is 0 Å². The van der Waals surface area contributed by atoms with Crippen molar-refractivity contribution in [2.24, 2.45) is 0 Å². The average Bonchev–Trinajstić information content (AvgIpc) is 3.61. The van der Waals surface area contributed by atoms with E-state index >= 15 is 0 Å². The predicted molar refractivity (Wildman–Crippen MR) is 258 cm³/mol. The van der Waals surface area contributed by atoms with E-state index in [1.165, 1.54) is 83.1 Å². The number of para-hydroxylation sites is 1. The molecular formula is C60H43N. The second kappa shape index (κ2) is 15.1. The van der Waals surface area contributed by atoms with Crippen LogP contribution in [0.5, 0.6) is 0 Å². The zero-order valence-corrected chi connectivity index (χ0v) is 34.0. The number of nitrogens with zero attached hydrogens (tertiary/aromatic N) is 1. The van der Waals surface area contributed by atoms with Crippen LogP contribution in [0.15, 0.2) is 243 Å². The number of rotatable bonds is 8. The molecule has 288 valence electrons. The van der Waals surface area contributed by atoms with Crippen molar-refractivity contribution in [2.75, 3.05) is 4.90 Å². The van der Waals surface area contributed by atoms with Crippen molar-refractivity contribution in [1.29, 1.82) is 0 Å². The van der Waals surface area contributed by atoms with Crippen LogP contribution in [0.1, 0.15) is 23.6 Å². The molecule has 10 aromatic rings. The minimum Gasteiger partial charge on any atom is -0.310 e. The Hall–Kier alpha value is -7.74. The van der Waals surface area contributed by atoms with Crippen molar-refractivity contribution in [1.82, 2.24) is 0 Å². The Labute approximate surface area is 358 Å². The summed E-state index contributed by atoms with van der Waals surface area (Å²) < 4.78 is 0. The molecule has 0 heterocycles. The lowest BCUT2D eigenvalue weighted by molar-refractivity contribution is 0.714. The predicted octanol–water partition coefficient (Wildman–Crippen LogP) is 16.3. The second-order valence-electron chi connectivity index (χ2n) is 16.2. The van der Waals surface area contributed by atoms with Gasteiger partial charge in [-0.3, -0.25) is 0 Å². The Morgan fingerprint density at radius 3 is 1.49 bits per heavy atom. The highest BCUT2D eigenvalue weighted by Gasteiger charge is 2.41. The summed E-state index contributed by atoms with van der Waals surface area (Å²) >= 11 is 0. The van der Waals surface area contributed by atoms with Gasteiger partial charge in [-0.2, -0.15) is 0 Å². The first-order valence-electron chi connectivity index (χ1n) is 21.2. The lowest BCUT2D eigenvalue weighted by Gasteiger charge is -2.30. The van der Waals surface area contributed by atoms with Gasteiger partial charge in [-0.25, -0.2) is 0 Å². The summed E-state index contributed by atoms with van der Waals surface area (Å²) in [7, 11) is 0. The Balaban J connectivity index is 1.06. The van der Waals surface area contributed by atoms with Gasteiger partial charge in [-0.15, -0.1) is 0 Å². The number of anilines is 3. The van der Waals surface area contributed by atoms with E-state index in [2.05, 4.69) is 254 Å². The molecule has 0 aliphatic heterocycles. The molecule has 10 aromatic carbocycles. The second-order valence-corrected chi connectivity index (χ2v) is 16.2. The van der Waals surface area contributed by atoms with Crippen LogP contribution in [0.2, 0.25) is 0 Å². The van der Waals surface area contributed by atoms with Crippen LogP contribution in [0.3, 0.4) is 0 Å². The van der Waals surface area contributed by atoms with Crippen LogP contribution in [-0.4, -0.2) is 0 Å². The van der Waals surface area contributed by atoms with Crippen LogP contribution < -0.4 is 4.90 Å². The lowest BCUT2D eigenvalue weighted by atomic mass is 9.74. The highest BCUT2D eigenvalue weighted by atomic mass is 15.1. The number of fused-ring (bicyclic) bond motifs is 4. The molecule has 1 atom stereocenters. The first-order chi connectivity index (χ1) is 30.1. The normalized spacial score (nSPS) is 14.0. The molecule has 1 aliphatic rings. The van der Waals surface area contributed by atoms with Crippen LogP contribution in [0.25, 0.3) is 66.4 Å². The largest absolute Gasteiger partial charge is 0.310 e. The molecule has 0 saturated carbocycles. The first kappa shape index (κ1) is 36.3. The molecule has 0 saturated heterocycles. The van der Waals surface area contributed by atoms with Crippen molar-refractivity contribution in [3.63, 3.8) is 0 Å². The van der Waals surface area contributed by atoms with Crippen molar-refractivity contribution in [2.45, 2.75) is 12.3 Å². The van der Waals surface area contributed by atoms with Gasteiger partial charge in [0.15, 0.2) is 0 Å². The molecule has 0 radical (unpaired) electrons. The van der Waals surface area contributed by atoms with E-state index in [9.17, 15) is 0 Å². The maximum absolute atomic E-state index is 2.43. The maximum atomic E-state index is 2.43. The fraction of sp³-hybridized carbons (Fsp3) is 0.0333. The number of hydrogen-bond donors (Lipinski definition) is 0. The molecule has 0 N–H and O–H groups in total. The van der Waals surface area contributed by atoms with E-state index in [0.717, 1.165) is 17.1 Å². The standard InChI is InChI=1S/C60H43N/c1-60(50-22-6-3-7-23-50)56-27-12-10-25-55(56)59-54(26-15-28-57(59)60)53-24-11-13-29-58(53)61(52-38-34-45(35-39-52)49-31-30-43-18-8-9-19-46(43)41-49)51-36-32-44(33-37-51)48-21-14-20-47(40-48)42-16-4-2-5-17-42/h2-41H,1H3. The molecule has 0 fully saturated rings. The third-order valence-corrected chi connectivity index (χ3v) is 12.8. The molecule has 1 unspecified atom stereocenters. The Morgan fingerprint density at radius 2 is 0.787 bits per heavy atom. The number of hydrogen-bond acceptors (Lipinski definition) is 1. The van der Waals surface area contributed by atoms with E-state index in [1.807, 2.05) is 0 Å². The van der Waals surface area contributed by atoms with Crippen LogP contribution in [0, 0.1) is 0 Å². The van der Waals surface area contributed by atoms with E-state index in [0.29, 0.717) is 0 Å². The highest BCUT2D eigenvalue weighted by molar-refractivity contribution is 5.99. The molecule has 1 nitrogen and oxygen atoms in total. The van der Waals surface area contributed by atoms with Gasteiger partial charge in [0.05, 0.1) is 5.69 Å². The van der Waals surface area contributed by atoms with Crippen molar-refractivity contribution in [3.05, 3.63) is 259 Å². The summed E-state index contributed by atoms with van der Waals surface area (Å²) in [5.74, 6) is 0. The maximum Gasteiger partial charge on any atom is 0.0540 e. The molecule has 1 aliphatic carbocycles. The summed E-state index contributed by atoms with van der Waals surface area (Å²) in [5, 5.41) is 2.49. The Morgan fingerprint density at radius 1 is 0.311 bits per heavy atom. The fourth-order valence-electron chi connectivity index (χ4n) is 9.66. The first-order valence-corrected chi connectivity index (χ1v) is 21.2. The number of benzene rings is 10. The van der Waals surface area contributed by atoms with E-state index in [1.54, 1.807) is 0 Å². The van der Waals surface area contributed by atoms with E-state index < -0.39 is 0 Å². The molecule has 0 spiro atoms. The summed E-state index contributed by atoms with van der Waals surface area (Å²) in [6.45, 7) is 2.39. The zero-order valence-electron chi connectivity index (χ0n) is 34.0. The van der Waals surface area contributed by atoms with Crippen LogP contribution >= 0.6 is 0 Å². The van der Waals surface area contributed by atoms with Gasteiger partial charge in [0, 0.05) is 22.4 Å². The highest BCUT2D eigenvalue weighted by Crippen LogP contribution is 2.56. The summed E-state index contributed by atoms with van der Waals surface area (Å²) in [5.41, 5.74) is 19.2. The zero-order chi connectivity index (χ0) is 40.8. The third-order valence-electron chi connectivity index (χ3n) is 12.8. The van der Waals surface area contributed by atoms with Gasteiger partial charge in [0.25, 0.3) is 0 Å². The molecular weight excluding hydrogens is 735 g/mol. The lowest BCUT2D eigenvalue weighted by Crippen LogP contribution is -2.22. The van der Waals surface area contributed by atoms with E-state index in [-0.39, 0.29) is 5.41 Å². The molecule has 11 rings (SSSR count). The van der Waals surface area contributed by atoms with Crippen LogP contribution in [-0.2, 0) is 5.41 Å². The van der Waals surface area contributed by atoms with Gasteiger partial charge >= 0.3 is 0 Å². The molecule has 61 heavy (non-hydrogen) atoms. The Bertz CT molecular complexity index is 3180. The fourth-order valence-corrected chi connectivity index (χ4v) is 9.66. The van der Waals surface area contributed by atoms with E-state index in [4.69, 9.17) is 0 Å². The smallest absolute Gasteiger partial charge is 0.0540 e. The van der Waals surface area contributed by atoms with Gasteiger partial charge in [-0.1, -0.05) is 200 Å². The molecule has 0 aromatic heterocycles. The average molecular weight is 778 g/mol. The third kappa shape index (κ3) is 6.34. The molecule has 0 amide bonds. The monoisotopic (exact) mass is 777 g/mol.